The molecule has 0 N–H and O–H groups in total. The first-order chi connectivity index (χ1) is 8.07. The molecular formula is C11H15N3O2S. The molecule has 0 saturated heterocycles. The molecule has 0 amide bonds. The van der Waals surface area contributed by atoms with Gasteiger partial charge in [0.1, 0.15) is 0 Å². The van der Waals surface area contributed by atoms with Gasteiger partial charge >= 0.3 is 0 Å². The Kier molecular flexibility index (Phi) is 4.46. The Labute approximate surface area is 102 Å². The third-order valence-electron chi connectivity index (χ3n) is 2.42. The molecule has 1 aromatic rings. The third kappa shape index (κ3) is 2.74. The molecule has 0 aliphatic heterocycles. The van der Waals surface area contributed by atoms with Crippen LogP contribution in [0.1, 0.15) is 20.3 Å². The van der Waals surface area contributed by atoms with E-state index >= 15 is 0 Å². The topological polar surface area (TPSA) is 74.1 Å². The van der Waals surface area contributed by atoms with E-state index in [4.69, 9.17) is 5.26 Å². The van der Waals surface area contributed by atoms with E-state index in [2.05, 4.69) is 4.98 Å². The second-order valence-corrected chi connectivity index (χ2v) is 5.48. The summed E-state index contributed by atoms with van der Waals surface area (Å²) in [5.74, 6) is 0. The molecule has 1 heterocycles. The number of anilines is 1. The first-order valence-corrected chi connectivity index (χ1v) is 6.89. The molecule has 0 aliphatic carbocycles. The van der Waals surface area contributed by atoms with Gasteiger partial charge in [-0.2, -0.15) is 5.26 Å². The molecule has 92 valence electrons. The fraction of sp³-hybridized carbons (Fsp3) is 0.455. The minimum atomic E-state index is -3.62. The van der Waals surface area contributed by atoms with Crippen LogP contribution in [0.5, 0.6) is 0 Å². The summed E-state index contributed by atoms with van der Waals surface area (Å²) in [4.78, 5) is 3.84. The summed E-state index contributed by atoms with van der Waals surface area (Å²) < 4.78 is 25.7. The predicted octanol–water partition coefficient (Wildman–Crippen LogP) is 1.54. The number of pyridine rings is 1. The SMILES string of the molecule is CCC(C#N)S(=O)(=O)N(CC)c1ccncc1. The number of nitrogens with zero attached hydrogens (tertiary/aromatic N) is 3. The van der Waals surface area contributed by atoms with Gasteiger partial charge in [0.05, 0.1) is 11.8 Å². The molecule has 1 rings (SSSR count). The number of nitriles is 1. The Morgan fingerprint density at radius 1 is 1.41 bits per heavy atom. The van der Waals surface area contributed by atoms with Gasteiger partial charge in [-0.15, -0.1) is 0 Å². The number of aromatic nitrogens is 1. The molecular weight excluding hydrogens is 238 g/mol. The van der Waals surface area contributed by atoms with E-state index in [0.29, 0.717) is 12.2 Å². The highest BCUT2D eigenvalue weighted by Gasteiger charge is 2.30. The number of rotatable bonds is 5. The summed E-state index contributed by atoms with van der Waals surface area (Å²) in [6.45, 7) is 3.72. The van der Waals surface area contributed by atoms with Crippen molar-refractivity contribution in [1.82, 2.24) is 4.98 Å². The Balaban J connectivity index is 3.16. The van der Waals surface area contributed by atoms with Crippen molar-refractivity contribution in [1.29, 1.82) is 5.26 Å². The van der Waals surface area contributed by atoms with Crippen LogP contribution in [0.15, 0.2) is 24.5 Å². The molecule has 0 bridgehead atoms. The Bertz CT molecular complexity index is 493. The van der Waals surface area contributed by atoms with Crippen LogP contribution in [-0.4, -0.2) is 25.2 Å². The lowest BCUT2D eigenvalue weighted by molar-refractivity contribution is 0.583. The minimum Gasteiger partial charge on any atom is -0.269 e. The molecule has 0 aromatic carbocycles. The van der Waals surface area contributed by atoms with Gasteiger partial charge in [0.25, 0.3) is 10.0 Å². The maximum atomic E-state index is 12.2. The van der Waals surface area contributed by atoms with Gasteiger partial charge in [-0.05, 0) is 25.5 Å². The Morgan fingerprint density at radius 2 is 2.00 bits per heavy atom. The van der Waals surface area contributed by atoms with E-state index in [0.717, 1.165) is 0 Å². The van der Waals surface area contributed by atoms with E-state index in [1.165, 1.54) is 16.7 Å². The highest BCUT2D eigenvalue weighted by atomic mass is 32.2. The summed E-state index contributed by atoms with van der Waals surface area (Å²) >= 11 is 0. The fourth-order valence-corrected chi connectivity index (χ4v) is 3.18. The van der Waals surface area contributed by atoms with Crippen LogP contribution in [0.25, 0.3) is 0 Å². The first-order valence-electron chi connectivity index (χ1n) is 5.39. The Hall–Kier alpha value is -1.61. The Morgan fingerprint density at radius 3 is 2.41 bits per heavy atom. The summed E-state index contributed by atoms with van der Waals surface area (Å²) in [6, 6.07) is 5.06. The van der Waals surface area contributed by atoms with Gasteiger partial charge < -0.3 is 0 Å². The van der Waals surface area contributed by atoms with Crippen molar-refractivity contribution in [2.24, 2.45) is 0 Å². The fourth-order valence-electron chi connectivity index (χ4n) is 1.54. The second-order valence-electron chi connectivity index (χ2n) is 3.44. The lowest BCUT2D eigenvalue weighted by Crippen LogP contribution is -2.38. The number of hydrogen-bond acceptors (Lipinski definition) is 4. The van der Waals surface area contributed by atoms with Crippen LogP contribution >= 0.6 is 0 Å². The molecule has 0 saturated carbocycles. The van der Waals surface area contributed by atoms with Gasteiger partial charge in [-0.3, -0.25) is 9.29 Å². The van der Waals surface area contributed by atoms with Crippen LogP contribution in [0.4, 0.5) is 5.69 Å². The van der Waals surface area contributed by atoms with Crippen LogP contribution in [-0.2, 0) is 10.0 Å². The lowest BCUT2D eigenvalue weighted by Gasteiger charge is -2.24. The van der Waals surface area contributed by atoms with Crippen LogP contribution in [0, 0.1) is 11.3 Å². The molecule has 0 aliphatic rings. The van der Waals surface area contributed by atoms with Crippen LogP contribution < -0.4 is 4.31 Å². The van der Waals surface area contributed by atoms with Crippen LogP contribution in [0.2, 0.25) is 0 Å². The van der Waals surface area contributed by atoms with Gasteiger partial charge in [-0.1, -0.05) is 6.92 Å². The summed E-state index contributed by atoms with van der Waals surface area (Å²) in [5, 5.41) is 7.88. The van der Waals surface area contributed by atoms with E-state index in [-0.39, 0.29) is 6.42 Å². The van der Waals surface area contributed by atoms with Gasteiger partial charge in [0.15, 0.2) is 5.25 Å². The molecule has 0 fully saturated rings. The summed E-state index contributed by atoms with van der Waals surface area (Å²) in [5.41, 5.74) is 0.538. The molecule has 17 heavy (non-hydrogen) atoms. The average Bonchev–Trinajstić information content (AvgIpc) is 2.32. The highest BCUT2D eigenvalue weighted by Crippen LogP contribution is 2.20. The van der Waals surface area contributed by atoms with Crippen molar-refractivity contribution in [3.8, 4) is 6.07 Å². The lowest BCUT2D eigenvalue weighted by atomic mass is 10.4. The maximum Gasteiger partial charge on any atom is 0.251 e. The zero-order valence-corrected chi connectivity index (χ0v) is 10.7. The van der Waals surface area contributed by atoms with E-state index in [1.807, 2.05) is 6.07 Å². The van der Waals surface area contributed by atoms with Crippen molar-refractivity contribution < 1.29 is 8.42 Å². The van der Waals surface area contributed by atoms with Crippen molar-refractivity contribution in [2.75, 3.05) is 10.8 Å². The minimum absolute atomic E-state index is 0.278. The normalized spacial score (nSPS) is 12.8. The average molecular weight is 253 g/mol. The molecule has 1 atom stereocenters. The predicted molar refractivity (Wildman–Crippen MR) is 65.9 cm³/mol. The molecule has 0 radical (unpaired) electrons. The quantitative estimate of drug-likeness (QED) is 0.797. The van der Waals surface area contributed by atoms with Crippen molar-refractivity contribution in [3.63, 3.8) is 0 Å². The largest absolute Gasteiger partial charge is 0.269 e. The third-order valence-corrected chi connectivity index (χ3v) is 4.66. The standard InChI is InChI=1S/C11H15N3O2S/c1-3-11(9-12)17(15,16)14(4-2)10-5-7-13-8-6-10/h5-8,11H,3-4H2,1-2H3. The molecule has 1 unspecified atom stereocenters. The monoisotopic (exact) mass is 253 g/mol. The summed E-state index contributed by atoms with van der Waals surface area (Å²) in [6.07, 6.45) is 3.34. The second kappa shape index (κ2) is 5.64. The van der Waals surface area contributed by atoms with E-state index in [1.54, 1.807) is 26.0 Å². The highest BCUT2D eigenvalue weighted by molar-refractivity contribution is 7.93. The number of hydrogen-bond donors (Lipinski definition) is 0. The smallest absolute Gasteiger partial charge is 0.251 e. The van der Waals surface area contributed by atoms with Crippen LogP contribution in [0.3, 0.4) is 0 Å². The maximum absolute atomic E-state index is 12.2. The zero-order chi connectivity index (χ0) is 12.9. The molecule has 1 aromatic heterocycles. The number of sulfonamides is 1. The van der Waals surface area contributed by atoms with Gasteiger partial charge in [0.2, 0.25) is 0 Å². The zero-order valence-electron chi connectivity index (χ0n) is 9.87. The van der Waals surface area contributed by atoms with Gasteiger partial charge in [0, 0.05) is 18.9 Å². The van der Waals surface area contributed by atoms with Gasteiger partial charge in [-0.25, -0.2) is 8.42 Å². The van der Waals surface area contributed by atoms with Crippen molar-refractivity contribution in [3.05, 3.63) is 24.5 Å². The van der Waals surface area contributed by atoms with E-state index in [9.17, 15) is 8.42 Å². The first kappa shape index (κ1) is 13.5. The van der Waals surface area contributed by atoms with Crippen molar-refractivity contribution >= 4 is 15.7 Å². The molecule has 6 heteroatoms. The van der Waals surface area contributed by atoms with E-state index < -0.39 is 15.3 Å². The molecule has 5 nitrogen and oxygen atoms in total. The molecule has 0 spiro atoms. The summed E-state index contributed by atoms with van der Waals surface area (Å²) in [7, 11) is -3.62. The van der Waals surface area contributed by atoms with Crippen molar-refractivity contribution in [2.45, 2.75) is 25.5 Å².